The third-order valence-corrected chi connectivity index (χ3v) is 3.92. The van der Waals surface area contributed by atoms with Crippen LogP contribution in [0.25, 0.3) is 0 Å². The lowest BCUT2D eigenvalue weighted by atomic mass is 10.1. The van der Waals surface area contributed by atoms with Crippen LogP contribution in [0.4, 0.5) is 0 Å². The molecule has 2 aromatic heterocycles. The van der Waals surface area contributed by atoms with Crippen LogP contribution in [0.1, 0.15) is 43.6 Å². The normalized spacial score (nSPS) is 11.3. The monoisotopic (exact) mass is 461 g/mol. The van der Waals surface area contributed by atoms with Gasteiger partial charge in [-0.3, -0.25) is 4.99 Å². The minimum atomic E-state index is 0. The van der Waals surface area contributed by atoms with Crippen LogP contribution in [0.2, 0.25) is 0 Å². The first-order valence-corrected chi connectivity index (χ1v) is 8.50. The van der Waals surface area contributed by atoms with Crippen molar-refractivity contribution in [3.8, 4) is 0 Å². The fourth-order valence-electron chi connectivity index (χ4n) is 2.56. The Morgan fingerprint density at radius 2 is 2.00 bits per heavy atom. The van der Waals surface area contributed by atoms with Gasteiger partial charge in [-0.05, 0) is 6.42 Å². The summed E-state index contributed by atoms with van der Waals surface area (Å²) in [6.07, 6.45) is 4.33. The molecule has 0 spiro atoms. The Bertz CT molecular complexity index is 644. The molecule has 0 aliphatic rings. The maximum atomic E-state index is 5.39. The van der Waals surface area contributed by atoms with Crippen molar-refractivity contribution in [3.05, 3.63) is 29.2 Å². The van der Waals surface area contributed by atoms with Crippen molar-refractivity contribution in [2.45, 2.75) is 53.1 Å². The zero-order valence-corrected chi connectivity index (χ0v) is 17.7. The first-order valence-electron chi connectivity index (χ1n) is 8.50. The predicted octanol–water partition coefficient (Wildman–Crippen LogP) is 1.94. The zero-order chi connectivity index (χ0) is 17.4. The highest BCUT2D eigenvalue weighted by Gasteiger charge is 2.13. The molecule has 25 heavy (non-hydrogen) atoms. The molecule has 2 aromatic rings. The second-order valence-corrected chi connectivity index (χ2v) is 5.38. The van der Waals surface area contributed by atoms with Gasteiger partial charge in [0.2, 0.25) is 0 Å². The second-order valence-electron chi connectivity index (χ2n) is 5.38. The van der Waals surface area contributed by atoms with Crippen LogP contribution >= 0.6 is 24.0 Å². The van der Waals surface area contributed by atoms with Crippen LogP contribution < -0.4 is 10.6 Å². The van der Waals surface area contributed by atoms with Gasteiger partial charge in [0.25, 0.3) is 0 Å². The minimum Gasteiger partial charge on any atom is -0.361 e. The lowest BCUT2D eigenvalue weighted by Gasteiger charge is -2.13. The van der Waals surface area contributed by atoms with E-state index in [4.69, 9.17) is 4.52 Å². The Kier molecular flexibility index (Phi) is 9.46. The molecule has 0 aliphatic carbocycles. The van der Waals surface area contributed by atoms with E-state index in [-0.39, 0.29) is 24.0 Å². The lowest BCUT2D eigenvalue weighted by molar-refractivity contribution is 0.380. The molecule has 0 radical (unpaired) electrons. The number of guanidine groups is 1. The molecule has 2 N–H and O–H groups in total. The predicted molar refractivity (Wildman–Crippen MR) is 108 cm³/mol. The maximum Gasteiger partial charge on any atom is 0.191 e. The van der Waals surface area contributed by atoms with Crippen molar-refractivity contribution in [2.24, 2.45) is 4.99 Å². The Hall–Kier alpha value is -1.65. The fraction of sp³-hybridized carbons (Fsp3) is 0.625. The molecular weight excluding hydrogens is 433 g/mol. The van der Waals surface area contributed by atoms with E-state index in [1.807, 2.05) is 4.57 Å². The maximum absolute atomic E-state index is 5.39. The summed E-state index contributed by atoms with van der Waals surface area (Å²) in [5, 5.41) is 18.8. The summed E-state index contributed by atoms with van der Waals surface area (Å²) in [4.78, 5) is 4.26. The molecule has 0 atom stereocenters. The molecule has 0 unspecified atom stereocenters. The molecule has 140 valence electrons. The lowest BCUT2D eigenvalue weighted by Crippen LogP contribution is -2.38. The van der Waals surface area contributed by atoms with Crippen LogP contribution in [0.5, 0.6) is 0 Å². The molecule has 0 amide bonds. The smallest absolute Gasteiger partial charge is 0.191 e. The highest BCUT2D eigenvalue weighted by Crippen LogP contribution is 2.15. The Balaban J connectivity index is 0.00000312. The largest absolute Gasteiger partial charge is 0.361 e. The summed E-state index contributed by atoms with van der Waals surface area (Å²) >= 11 is 0. The molecule has 8 nitrogen and oxygen atoms in total. The summed E-state index contributed by atoms with van der Waals surface area (Å²) in [6, 6.07) is 0. The fourth-order valence-corrected chi connectivity index (χ4v) is 2.56. The molecule has 0 aliphatic heterocycles. The van der Waals surface area contributed by atoms with Gasteiger partial charge in [0.15, 0.2) is 5.96 Å². The van der Waals surface area contributed by atoms with Crippen molar-refractivity contribution in [3.63, 3.8) is 0 Å². The Morgan fingerprint density at radius 3 is 2.64 bits per heavy atom. The number of halogens is 1. The average Bonchev–Trinajstić information content (AvgIpc) is 3.23. The number of aryl methyl sites for hydroxylation is 3. The van der Waals surface area contributed by atoms with Gasteiger partial charge in [0, 0.05) is 45.1 Å². The Morgan fingerprint density at radius 1 is 1.20 bits per heavy atom. The van der Waals surface area contributed by atoms with Gasteiger partial charge in [-0.2, -0.15) is 0 Å². The Labute approximate surface area is 165 Å². The first kappa shape index (κ1) is 21.4. The van der Waals surface area contributed by atoms with Gasteiger partial charge in [0.1, 0.15) is 17.9 Å². The van der Waals surface area contributed by atoms with E-state index in [1.165, 1.54) is 0 Å². The molecule has 0 saturated carbocycles. The standard InChI is InChI=1S/C16H27N7O.HI/c1-5-13-12(14(6-2)24-22-13)10-19-16(17-4)18-8-9-23-11-20-21-15(23)7-3;/h11H,5-10H2,1-4H3,(H2,17,18,19);1H. The molecule has 0 bridgehead atoms. The zero-order valence-electron chi connectivity index (χ0n) is 15.4. The van der Waals surface area contributed by atoms with E-state index in [2.05, 4.69) is 51.8 Å². The average molecular weight is 461 g/mol. The summed E-state index contributed by atoms with van der Waals surface area (Å²) in [7, 11) is 1.76. The van der Waals surface area contributed by atoms with E-state index in [1.54, 1.807) is 13.4 Å². The van der Waals surface area contributed by atoms with E-state index in [9.17, 15) is 0 Å². The summed E-state index contributed by atoms with van der Waals surface area (Å²) in [5.41, 5.74) is 2.14. The van der Waals surface area contributed by atoms with Gasteiger partial charge < -0.3 is 19.7 Å². The van der Waals surface area contributed by atoms with Crippen LogP contribution in [-0.2, 0) is 32.4 Å². The number of nitrogens with zero attached hydrogens (tertiary/aromatic N) is 5. The number of rotatable bonds is 8. The molecule has 0 saturated heterocycles. The van der Waals surface area contributed by atoms with Crippen molar-refractivity contribution in [1.82, 2.24) is 30.6 Å². The topological polar surface area (TPSA) is 93.2 Å². The molecular formula is C16H28IN7O. The number of aliphatic imine (C=N–C) groups is 1. The first-order chi connectivity index (χ1) is 11.7. The van der Waals surface area contributed by atoms with Crippen molar-refractivity contribution < 1.29 is 4.52 Å². The summed E-state index contributed by atoms with van der Waals surface area (Å²) in [5.74, 6) is 2.68. The molecule has 2 heterocycles. The van der Waals surface area contributed by atoms with Crippen molar-refractivity contribution >= 4 is 29.9 Å². The van der Waals surface area contributed by atoms with Crippen LogP contribution in [0.3, 0.4) is 0 Å². The third kappa shape index (κ3) is 5.68. The number of hydrogen-bond donors (Lipinski definition) is 2. The van der Waals surface area contributed by atoms with Gasteiger partial charge in [-0.15, -0.1) is 34.2 Å². The van der Waals surface area contributed by atoms with Crippen LogP contribution in [0.15, 0.2) is 15.8 Å². The number of aromatic nitrogens is 4. The van der Waals surface area contributed by atoms with Crippen LogP contribution in [-0.4, -0.2) is 39.5 Å². The van der Waals surface area contributed by atoms with Gasteiger partial charge in [-0.25, -0.2) is 0 Å². The van der Waals surface area contributed by atoms with Crippen molar-refractivity contribution in [2.75, 3.05) is 13.6 Å². The summed E-state index contributed by atoms with van der Waals surface area (Å²) in [6.45, 7) is 8.42. The van der Waals surface area contributed by atoms with Gasteiger partial charge >= 0.3 is 0 Å². The number of hydrogen-bond acceptors (Lipinski definition) is 5. The summed E-state index contributed by atoms with van der Waals surface area (Å²) < 4.78 is 7.44. The highest BCUT2D eigenvalue weighted by molar-refractivity contribution is 14.0. The molecule has 0 fully saturated rings. The van der Waals surface area contributed by atoms with Crippen LogP contribution in [0, 0.1) is 0 Å². The number of nitrogens with one attached hydrogen (secondary N) is 2. The highest BCUT2D eigenvalue weighted by atomic mass is 127. The third-order valence-electron chi connectivity index (χ3n) is 3.92. The van der Waals surface area contributed by atoms with Crippen molar-refractivity contribution in [1.29, 1.82) is 0 Å². The van der Waals surface area contributed by atoms with Gasteiger partial charge in [-0.1, -0.05) is 25.9 Å². The quantitative estimate of drug-likeness (QED) is 0.355. The molecule has 2 rings (SSSR count). The van der Waals surface area contributed by atoms with E-state index >= 15 is 0 Å². The minimum absolute atomic E-state index is 0. The molecule has 0 aromatic carbocycles. The van der Waals surface area contributed by atoms with E-state index < -0.39 is 0 Å². The molecule has 9 heteroatoms. The van der Waals surface area contributed by atoms with E-state index in [0.717, 1.165) is 61.2 Å². The van der Waals surface area contributed by atoms with Gasteiger partial charge in [0.05, 0.1) is 5.69 Å². The SMILES string of the molecule is CCc1noc(CC)c1CNC(=NC)NCCn1cnnc1CC.I. The second kappa shape index (κ2) is 11.1. The van der Waals surface area contributed by atoms with E-state index in [0.29, 0.717) is 6.54 Å².